The highest BCUT2D eigenvalue weighted by atomic mass is 19.1. The molecule has 1 aromatic rings. The van der Waals surface area contributed by atoms with Gasteiger partial charge in [0.15, 0.2) is 17.3 Å². The second-order valence-corrected chi connectivity index (χ2v) is 5.54. The molecule has 1 aliphatic rings. The number of nitrogens with zero attached hydrogens (tertiary/aromatic N) is 1. The van der Waals surface area contributed by atoms with E-state index in [0.29, 0.717) is 24.5 Å². The van der Waals surface area contributed by atoms with Crippen LogP contribution in [0.2, 0.25) is 0 Å². The van der Waals surface area contributed by atoms with E-state index < -0.39 is 17.3 Å². The molecule has 0 radical (unpaired) electrons. The molecule has 0 saturated heterocycles. The first-order chi connectivity index (χ1) is 9.82. The lowest BCUT2D eigenvalue weighted by molar-refractivity contribution is -0.134. The highest BCUT2D eigenvalue weighted by molar-refractivity contribution is 5.91. The Morgan fingerprint density at radius 3 is 2.38 bits per heavy atom. The van der Waals surface area contributed by atoms with Crippen molar-refractivity contribution in [3.05, 3.63) is 35.7 Å². The molecule has 1 amide bonds. The van der Waals surface area contributed by atoms with Crippen molar-refractivity contribution in [1.29, 1.82) is 0 Å². The number of carbonyl (C=O) groups is 1. The summed E-state index contributed by atoms with van der Waals surface area (Å²) in [7, 11) is 3.15. The van der Waals surface area contributed by atoms with Gasteiger partial charge in [-0.25, -0.2) is 4.39 Å². The number of hydrogen-bond acceptors (Lipinski definition) is 3. The van der Waals surface area contributed by atoms with Crippen LogP contribution in [0.3, 0.4) is 0 Å². The predicted molar refractivity (Wildman–Crippen MR) is 78.2 cm³/mol. The third kappa shape index (κ3) is 2.48. The van der Waals surface area contributed by atoms with Gasteiger partial charge in [-0.3, -0.25) is 4.79 Å². The molecular formula is C16H20FNO3. The predicted octanol–water partition coefficient (Wildman–Crippen LogP) is 2.81. The molecule has 0 saturated carbocycles. The molecule has 0 atom stereocenters. The lowest BCUT2D eigenvalue weighted by Crippen LogP contribution is -2.50. The Labute approximate surface area is 124 Å². The number of carbonyl (C=O) groups excluding carboxylic acids is 1. The Morgan fingerprint density at radius 2 is 1.86 bits per heavy atom. The molecule has 0 unspecified atom stereocenters. The van der Waals surface area contributed by atoms with Crippen LogP contribution in [0.5, 0.6) is 11.5 Å². The monoisotopic (exact) mass is 293 g/mol. The Balaban J connectivity index is 2.53. The maximum atomic E-state index is 13.2. The minimum absolute atomic E-state index is 0.442. The van der Waals surface area contributed by atoms with Crippen LogP contribution < -0.4 is 9.47 Å². The van der Waals surface area contributed by atoms with Crippen LogP contribution in [0.1, 0.15) is 25.0 Å². The van der Waals surface area contributed by atoms with Gasteiger partial charge in [0.05, 0.1) is 19.8 Å². The fraction of sp³-hybridized carbons (Fsp3) is 0.438. The molecule has 1 heterocycles. The standard InChI is InChI=1S/C16H20FNO3/c1-10(17)15(19)18-7-6-11-8-13(20-4)14(21-5)9-12(11)16(18,2)3/h8-9H,1,6-7H2,2-5H3. The summed E-state index contributed by atoms with van der Waals surface area (Å²) in [5.74, 6) is -0.355. The van der Waals surface area contributed by atoms with Crippen molar-refractivity contribution in [3.8, 4) is 11.5 Å². The van der Waals surface area contributed by atoms with Crippen molar-refractivity contribution in [2.24, 2.45) is 0 Å². The summed E-state index contributed by atoms with van der Waals surface area (Å²) in [5, 5.41) is 0. The maximum Gasteiger partial charge on any atom is 0.282 e. The smallest absolute Gasteiger partial charge is 0.282 e. The lowest BCUT2D eigenvalue weighted by atomic mass is 9.83. The van der Waals surface area contributed by atoms with E-state index in [0.717, 1.165) is 11.1 Å². The van der Waals surface area contributed by atoms with Gasteiger partial charge in [0.25, 0.3) is 5.91 Å². The van der Waals surface area contributed by atoms with E-state index in [2.05, 4.69) is 6.58 Å². The summed E-state index contributed by atoms with van der Waals surface area (Å²) >= 11 is 0. The Bertz CT molecular complexity index is 595. The van der Waals surface area contributed by atoms with Crippen LogP contribution in [0.25, 0.3) is 0 Å². The van der Waals surface area contributed by atoms with Crippen molar-refractivity contribution in [1.82, 2.24) is 4.90 Å². The number of ether oxygens (including phenoxy) is 2. The van der Waals surface area contributed by atoms with Crippen LogP contribution in [-0.2, 0) is 16.8 Å². The van der Waals surface area contributed by atoms with Crippen molar-refractivity contribution in [2.45, 2.75) is 25.8 Å². The van der Waals surface area contributed by atoms with E-state index in [9.17, 15) is 9.18 Å². The summed E-state index contributed by atoms with van der Waals surface area (Å²) in [6, 6.07) is 3.77. The molecule has 4 nitrogen and oxygen atoms in total. The minimum Gasteiger partial charge on any atom is -0.493 e. The number of hydrogen-bond donors (Lipinski definition) is 0. The van der Waals surface area contributed by atoms with Gasteiger partial charge < -0.3 is 14.4 Å². The zero-order valence-corrected chi connectivity index (χ0v) is 12.8. The van der Waals surface area contributed by atoms with Gasteiger partial charge in [0.1, 0.15) is 0 Å². The third-order valence-electron chi connectivity index (χ3n) is 4.03. The summed E-state index contributed by atoms with van der Waals surface area (Å²) in [4.78, 5) is 13.5. The van der Waals surface area contributed by atoms with Gasteiger partial charge >= 0.3 is 0 Å². The fourth-order valence-electron chi connectivity index (χ4n) is 2.86. The van der Waals surface area contributed by atoms with Crippen LogP contribution in [0, 0.1) is 0 Å². The number of amides is 1. The molecule has 0 spiro atoms. The quantitative estimate of drug-likeness (QED) is 0.804. The molecule has 114 valence electrons. The zero-order chi connectivity index (χ0) is 15.8. The third-order valence-corrected chi connectivity index (χ3v) is 4.03. The lowest BCUT2D eigenvalue weighted by Gasteiger charge is -2.43. The van der Waals surface area contributed by atoms with E-state index in [1.165, 1.54) is 4.90 Å². The van der Waals surface area contributed by atoms with Crippen LogP contribution >= 0.6 is 0 Å². The topological polar surface area (TPSA) is 38.8 Å². The maximum absolute atomic E-state index is 13.2. The molecule has 0 aromatic heterocycles. The summed E-state index contributed by atoms with van der Waals surface area (Å²) in [5.41, 5.74) is 1.37. The SMILES string of the molecule is C=C(F)C(=O)N1CCc2cc(OC)c(OC)cc2C1(C)C. The number of benzene rings is 1. The molecule has 0 N–H and O–H groups in total. The number of fused-ring (bicyclic) bond motifs is 1. The van der Waals surface area contributed by atoms with Crippen molar-refractivity contribution >= 4 is 5.91 Å². The van der Waals surface area contributed by atoms with Gasteiger partial charge in [-0.2, -0.15) is 0 Å². The number of methoxy groups -OCH3 is 2. The summed E-state index contributed by atoms with van der Waals surface area (Å²) in [6.45, 7) is 7.33. The van der Waals surface area contributed by atoms with Crippen LogP contribution in [-0.4, -0.2) is 31.6 Å². The number of rotatable bonds is 3. The fourth-order valence-corrected chi connectivity index (χ4v) is 2.86. The van der Waals surface area contributed by atoms with Gasteiger partial charge in [0.2, 0.25) is 0 Å². The van der Waals surface area contributed by atoms with Crippen molar-refractivity contribution in [2.75, 3.05) is 20.8 Å². The van der Waals surface area contributed by atoms with Gasteiger partial charge in [-0.05, 0) is 43.5 Å². The first-order valence-electron chi connectivity index (χ1n) is 6.74. The molecular weight excluding hydrogens is 273 g/mol. The molecule has 0 fully saturated rings. The molecule has 0 aliphatic carbocycles. The van der Waals surface area contributed by atoms with E-state index in [4.69, 9.17) is 9.47 Å². The van der Waals surface area contributed by atoms with Crippen LogP contribution in [0.4, 0.5) is 4.39 Å². The average molecular weight is 293 g/mol. The zero-order valence-electron chi connectivity index (χ0n) is 12.8. The average Bonchev–Trinajstić information content (AvgIpc) is 2.45. The molecule has 2 rings (SSSR count). The van der Waals surface area contributed by atoms with E-state index in [1.807, 2.05) is 26.0 Å². The first kappa shape index (κ1) is 15.4. The molecule has 1 aromatic carbocycles. The van der Waals surface area contributed by atoms with E-state index in [-0.39, 0.29) is 0 Å². The van der Waals surface area contributed by atoms with E-state index >= 15 is 0 Å². The highest BCUT2D eigenvalue weighted by Crippen LogP contribution is 2.41. The Morgan fingerprint density at radius 1 is 1.29 bits per heavy atom. The largest absolute Gasteiger partial charge is 0.493 e. The second-order valence-electron chi connectivity index (χ2n) is 5.54. The van der Waals surface area contributed by atoms with Gasteiger partial charge in [-0.15, -0.1) is 0 Å². The second kappa shape index (κ2) is 5.39. The summed E-state index contributed by atoms with van der Waals surface area (Å²) in [6.07, 6.45) is 0.637. The molecule has 1 aliphatic heterocycles. The first-order valence-corrected chi connectivity index (χ1v) is 6.74. The number of halogens is 1. The minimum atomic E-state index is -0.938. The molecule has 21 heavy (non-hydrogen) atoms. The van der Waals surface area contributed by atoms with E-state index in [1.54, 1.807) is 14.2 Å². The Kier molecular flexibility index (Phi) is 3.94. The summed E-state index contributed by atoms with van der Waals surface area (Å²) < 4.78 is 23.9. The highest BCUT2D eigenvalue weighted by Gasteiger charge is 2.39. The molecule has 5 heteroatoms. The van der Waals surface area contributed by atoms with Gasteiger partial charge in [-0.1, -0.05) is 6.58 Å². The van der Waals surface area contributed by atoms with Crippen LogP contribution in [0.15, 0.2) is 24.5 Å². The Hall–Kier alpha value is -2.04. The van der Waals surface area contributed by atoms with Crippen molar-refractivity contribution < 1.29 is 18.7 Å². The molecule has 0 bridgehead atoms. The normalized spacial score (nSPS) is 16.1. The van der Waals surface area contributed by atoms with Gasteiger partial charge in [0, 0.05) is 6.54 Å². The van der Waals surface area contributed by atoms with Crippen molar-refractivity contribution in [3.63, 3.8) is 0 Å².